The number of fused-ring (bicyclic) bond motifs is 2. The fourth-order valence-electron chi connectivity index (χ4n) is 2.87. The third kappa shape index (κ3) is 2.16. The molecule has 0 spiro atoms. The van der Waals surface area contributed by atoms with Crippen LogP contribution in [0.5, 0.6) is 5.75 Å². The Morgan fingerprint density at radius 1 is 1.05 bits per heavy atom. The average molecular weight is 276 g/mol. The van der Waals surface area contributed by atoms with Gasteiger partial charge in [0.25, 0.3) is 0 Å². The number of nitrogens with zero attached hydrogens (tertiary/aromatic N) is 1. The van der Waals surface area contributed by atoms with Crippen molar-refractivity contribution >= 4 is 10.9 Å². The molecule has 0 saturated heterocycles. The molecule has 4 rings (SSSR count). The van der Waals surface area contributed by atoms with E-state index in [9.17, 15) is 0 Å². The molecule has 3 heteroatoms. The lowest BCUT2D eigenvalue weighted by Gasteiger charge is -2.14. The summed E-state index contributed by atoms with van der Waals surface area (Å²) in [5.41, 5.74) is 10.9. The second-order valence-electron chi connectivity index (χ2n) is 5.40. The van der Waals surface area contributed by atoms with E-state index in [1.165, 1.54) is 5.56 Å². The van der Waals surface area contributed by atoms with Crippen molar-refractivity contribution in [1.29, 1.82) is 0 Å². The van der Waals surface area contributed by atoms with E-state index >= 15 is 0 Å². The Hall–Kier alpha value is -2.39. The van der Waals surface area contributed by atoms with Crippen LogP contribution in [0.2, 0.25) is 0 Å². The van der Waals surface area contributed by atoms with Gasteiger partial charge in [-0.3, -0.25) is 4.98 Å². The average Bonchev–Trinajstić information content (AvgIpc) is 3.01. The van der Waals surface area contributed by atoms with Crippen LogP contribution in [0.15, 0.2) is 54.7 Å². The minimum atomic E-state index is -0.137. The van der Waals surface area contributed by atoms with Gasteiger partial charge < -0.3 is 10.5 Å². The van der Waals surface area contributed by atoms with Gasteiger partial charge in [0.2, 0.25) is 0 Å². The van der Waals surface area contributed by atoms with Gasteiger partial charge >= 0.3 is 0 Å². The van der Waals surface area contributed by atoms with E-state index in [1.807, 2.05) is 18.3 Å². The maximum absolute atomic E-state index is 6.43. The van der Waals surface area contributed by atoms with Crippen molar-refractivity contribution in [3.63, 3.8) is 0 Å². The molecule has 0 bridgehead atoms. The summed E-state index contributed by atoms with van der Waals surface area (Å²) < 4.78 is 5.55. The van der Waals surface area contributed by atoms with Gasteiger partial charge in [0.05, 0.1) is 18.2 Å². The molecule has 3 aromatic rings. The minimum Gasteiger partial charge on any atom is -0.493 e. The number of aromatic nitrogens is 1. The minimum absolute atomic E-state index is 0.137. The Morgan fingerprint density at radius 3 is 2.86 bits per heavy atom. The van der Waals surface area contributed by atoms with E-state index in [0.29, 0.717) is 0 Å². The molecule has 0 fully saturated rings. The highest BCUT2D eigenvalue weighted by atomic mass is 16.5. The second kappa shape index (κ2) is 4.86. The van der Waals surface area contributed by atoms with E-state index < -0.39 is 0 Å². The molecule has 1 aromatic heterocycles. The van der Waals surface area contributed by atoms with Crippen LogP contribution in [0.3, 0.4) is 0 Å². The van der Waals surface area contributed by atoms with Gasteiger partial charge in [0, 0.05) is 18.0 Å². The van der Waals surface area contributed by atoms with Crippen LogP contribution in [0.4, 0.5) is 0 Å². The maximum Gasteiger partial charge on any atom is 0.122 e. The third-order valence-electron chi connectivity index (χ3n) is 4.06. The highest BCUT2D eigenvalue weighted by molar-refractivity contribution is 5.79. The molecule has 2 N–H and O–H groups in total. The zero-order valence-electron chi connectivity index (χ0n) is 11.6. The molecule has 2 heterocycles. The van der Waals surface area contributed by atoms with E-state index in [2.05, 4.69) is 41.4 Å². The van der Waals surface area contributed by atoms with Crippen molar-refractivity contribution in [1.82, 2.24) is 4.98 Å². The Labute approximate surface area is 123 Å². The summed E-state index contributed by atoms with van der Waals surface area (Å²) in [5, 5.41) is 1.14. The van der Waals surface area contributed by atoms with Crippen molar-refractivity contribution in [2.24, 2.45) is 5.73 Å². The van der Waals surface area contributed by atoms with Crippen molar-refractivity contribution in [3.8, 4) is 5.75 Å². The molecule has 0 amide bonds. The van der Waals surface area contributed by atoms with E-state index in [-0.39, 0.29) is 6.04 Å². The lowest BCUT2D eigenvalue weighted by Crippen LogP contribution is -2.12. The first-order chi connectivity index (χ1) is 10.3. The fourth-order valence-corrected chi connectivity index (χ4v) is 2.87. The van der Waals surface area contributed by atoms with Gasteiger partial charge in [-0.1, -0.05) is 30.3 Å². The van der Waals surface area contributed by atoms with Crippen molar-refractivity contribution in [2.75, 3.05) is 6.61 Å². The standard InChI is InChI=1S/C18H16N2O/c19-18(14-5-6-17-13(10-14)7-9-21-17)15-4-3-12-2-1-8-20-16(12)11-15/h1-6,8,10-11,18H,7,9,19H2. The van der Waals surface area contributed by atoms with Crippen molar-refractivity contribution in [3.05, 3.63) is 71.4 Å². The third-order valence-corrected chi connectivity index (χ3v) is 4.06. The lowest BCUT2D eigenvalue weighted by molar-refractivity contribution is 0.357. The molecular weight excluding hydrogens is 260 g/mol. The summed E-state index contributed by atoms with van der Waals surface area (Å²) in [5.74, 6) is 0.992. The van der Waals surface area contributed by atoms with Gasteiger partial charge in [0.1, 0.15) is 5.75 Å². The fraction of sp³-hybridized carbons (Fsp3) is 0.167. The molecule has 0 saturated carbocycles. The molecule has 1 unspecified atom stereocenters. The van der Waals surface area contributed by atoms with Crippen LogP contribution in [-0.4, -0.2) is 11.6 Å². The predicted molar refractivity (Wildman–Crippen MR) is 83.4 cm³/mol. The number of hydrogen-bond donors (Lipinski definition) is 1. The van der Waals surface area contributed by atoms with Crippen LogP contribution in [0.1, 0.15) is 22.7 Å². The maximum atomic E-state index is 6.43. The highest BCUT2D eigenvalue weighted by Gasteiger charge is 2.16. The summed E-state index contributed by atoms with van der Waals surface area (Å²) in [6.45, 7) is 0.772. The number of nitrogens with two attached hydrogens (primary N) is 1. The zero-order chi connectivity index (χ0) is 14.2. The molecular formula is C18H16N2O. The van der Waals surface area contributed by atoms with E-state index in [4.69, 9.17) is 10.5 Å². The van der Waals surface area contributed by atoms with Crippen LogP contribution >= 0.6 is 0 Å². The topological polar surface area (TPSA) is 48.1 Å². The van der Waals surface area contributed by atoms with E-state index in [0.717, 1.165) is 40.8 Å². The second-order valence-corrected chi connectivity index (χ2v) is 5.40. The zero-order valence-corrected chi connectivity index (χ0v) is 11.6. The number of benzene rings is 2. The highest BCUT2D eigenvalue weighted by Crippen LogP contribution is 2.30. The summed E-state index contributed by atoms with van der Waals surface area (Å²) >= 11 is 0. The van der Waals surface area contributed by atoms with Crippen LogP contribution in [-0.2, 0) is 6.42 Å². The molecule has 1 atom stereocenters. The first-order valence-corrected chi connectivity index (χ1v) is 7.17. The molecule has 3 nitrogen and oxygen atoms in total. The largest absolute Gasteiger partial charge is 0.493 e. The SMILES string of the molecule is NC(c1ccc2c(c1)CCO2)c1ccc2cccnc2c1. The summed E-state index contributed by atoms with van der Waals surface area (Å²) in [4.78, 5) is 4.40. The van der Waals surface area contributed by atoms with E-state index in [1.54, 1.807) is 0 Å². The quantitative estimate of drug-likeness (QED) is 0.781. The first-order valence-electron chi connectivity index (χ1n) is 7.17. The van der Waals surface area contributed by atoms with Crippen LogP contribution in [0.25, 0.3) is 10.9 Å². The number of rotatable bonds is 2. The molecule has 0 aliphatic carbocycles. The van der Waals surface area contributed by atoms with Crippen molar-refractivity contribution in [2.45, 2.75) is 12.5 Å². The van der Waals surface area contributed by atoms with Crippen LogP contribution < -0.4 is 10.5 Å². The Kier molecular flexibility index (Phi) is 2.86. The number of hydrogen-bond acceptors (Lipinski definition) is 3. The van der Waals surface area contributed by atoms with Gasteiger partial charge in [-0.2, -0.15) is 0 Å². The molecule has 21 heavy (non-hydrogen) atoms. The Balaban J connectivity index is 1.73. The summed E-state index contributed by atoms with van der Waals surface area (Å²) in [6, 6.07) is 16.3. The molecule has 2 aromatic carbocycles. The number of ether oxygens (including phenoxy) is 1. The van der Waals surface area contributed by atoms with Gasteiger partial charge in [-0.05, 0) is 34.9 Å². The summed E-state index contributed by atoms with van der Waals surface area (Å²) in [6.07, 6.45) is 2.78. The number of pyridine rings is 1. The van der Waals surface area contributed by atoms with Gasteiger partial charge in [-0.25, -0.2) is 0 Å². The smallest absolute Gasteiger partial charge is 0.122 e. The molecule has 104 valence electrons. The predicted octanol–water partition coefficient (Wildman–Crippen LogP) is 3.22. The Morgan fingerprint density at radius 2 is 1.90 bits per heavy atom. The molecule has 1 aliphatic rings. The van der Waals surface area contributed by atoms with Gasteiger partial charge in [0.15, 0.2) is 0 Å². The normalized spacial score (nSPS) is 14.7. The lowest BCUT2D eigenvalue weighted by atomic mass is 9.96. The van der Waals surface area contributed by atoms with Crippen LogP contribution in [0, 0.1) is 0 Å². The van der Waals surface area contributed by atoms with Gasteiger partial charge in [-0.15, -0.1) is 0 Å². The molecule has 0 radical (unpaired) electrons. The molecule has 1 aliphatic heterocycles. The summed E-state index contributed by atoms with van der Waals surface area (Å²) in [7, 11) is 0. The Bertz CT molecular complexity index is 813. The monoisotopic (exact) mass is 276 g/mol. The van der Waals surface area contributed by atoms with Crippen molar-refractivity contribution < 1.29 is 4.74 Å². The first kappa shape index (κ1) is 12.4.